The van der Waals surface area contributed by atoms with Crippen molar-refractivity contribution in [2.75, 3.05) is 18.5 Å². The van der Waals surface area contributed by atoms with Gasteiger partial charge in [0.15, 0.2) is 0 Å². The minimum atomic E-state index is -0.639. The van der Waals surface area contributed by atoms with Crippen molar-refractivity contribution in [1.82, 2.24) is 9.97 Å². The van der Waals surface area contributed by atoms with Gasteiger partial charge in [-0.05, 0) is 43.9 Å². The molecule has 1 aliphatic carbocycles. The molecule has 2 aromatic rings. The molecule has 2 aliphatic heterocycles. The second-order valence-corrected chi connectivity index (χ2v) is 9.17. The first-order valence-corrected chi connectivity index (χ1v) is 11.3. The molecular weight excluding hydrogens is 419 g/mol. The van der Waals surface area contributed by atoms with Crippen LogP contribution in [0.5, 0.6) is 0 Å². The topological polar surface area (TPSA) is 79.6 Å². The predicted molar refractivity (Wildman–Crippen MR) is 119 cm³/mol. The maximum atomic E-state index is 15.1. The lowest BCUT2D eigenvalue weighted by Gasteiger charge is -2.35. The molecule has 0 amide bonds. The van der Waals surface area contributed by atoms with Crippen LogP contribution in [-0.2, 0) is 10.2 Å². The molecule has 1 aromatic carbocycles. The van der Waals surface area contributed by atoms with Gasteiger partial charge in [-0.25, -0.2) is 14.4 Å². The molecule has 5 rings (SSSR count). The third kappa shape index (κ3) is 3.62. The summed E-state index contributed by atoms with van der Waals surface area (Å²) < 4.78 is 20.4. The maximum absolute atomic E-state index is 15.1. The summed E-state index contributed by atoms with van der Waals surface area (Å²) in [7, 11) is 0. The lowest BCUT2D eigenvalue weighted by Crippen LogP contribution is -2.42. The molecule has 2 fully saturated rings. The molecule has 6 nitrogen and oxygen atoms in total. The largest absolute Gasteiger partial charge is 0.389 e. The highest BCUT2D eigenvalue weighted by atomic mass is 35.5. The number of rotatable bonds is 3. The van der Waals surface area contributed by atoms with Crippen molar-refractivity contribution in [1.29, 1.82) is 0 Å². The molecule has 0 unspecified atom stereocenters. The molecule has 1 spiro atoms. The number of hydrogen-bond donors (Lipinski definition) is 2. The van der Waals surface area contributed by atoms with E-state index in [0.717, 1.165) is 37.0 Å². The third-order valence-electron chi connectivity index (χ3n) is 6.92. The van der Waals surface area contributed by atoms with Gasteiger partial charge in [0.1, 0.15) is 11.5 Å². The molecule has 0 radical (unpaired) electrons. The van der Waals surface area contributed by atoms with Gasteiger partial charge < -0.3 is 15.2 Å². The normalized spacial score (nSPS) is 24.7. The summed E-state index contributed by atoms with van der Waals surface area (Å²) in [5, 5.41) is 13.7. The van der Waals surface area contributed by atoms with Crippen LogP contribution in [0, 0.1) is 5.82 Å². The van der Waals surface area contributed by atoms with E-state index in [-0.39, 0.29) is 23.9 Å². The Bertz CT molecular complexity index is 1040. The van der Waals surface area contributed by atoms with Gasteiger partial charge in [0.25, 0.3) is 0 Å². The van der Waals surface area contributed by atoms with E-state index in [0.29, 0.717) is 40.9 Å². The lowest BCUT2D eigenvalue weighted by atomic mass is 9.67. The van der Waals surface area contributed by atoms with Crippen LogP contribution < -0.4 is 5.32 Å². The summed E-state index contributed by atoms with van der Waals surface area (Å²) in [4.78, 5) is 13.5. The zero-order valence-electron chi connectivity index (χ0n) is 17.5. The van der Waals surface area contributed by atoms with Crippen molar-refractivity contribution in [2.24, 2.45) is 4.99 Å². The van der Waals surface area contributed by atoms with Crippen molar-refractivity contribution in [3.05, 3.63) is 34.7 Å². The van der Waals surface area contributed by atoms with E-state index >= 15 is 4.39 Å². The summed E-state index contributed by atoms with van der Waals surface area (Å²) in [6.07, 6.45) is 6.95. The highest BCUT2D eigenvalue weighted by Gasteiger charge is 2.43. The Morgan fingerprint density at radius 1 is 1.26 bits per heavy atom. The fourth-order valence-electron chi connectivity index (χ4n) is 5.17. The van der Waals surface area contributed by atoms with E-state index in [1.807, 2.05) is 13.0 Å². The van der Waals surface area contributed by atoms with Gasteiger partial charge in [-0.15, -0.1) is 0 Å². The van der Waals surface area contributed by atoms with Crippen LogP contribution in [-0.4, -0.2) is 46.1 Å². The molecule has 1 saturated heterocycles. The number of nitrogens with zero attached hydrogens (tertiary/aromatic N) is 3. The Hall–Kier alpha value is -2.09. The van der Waals surface area contributed by atoms with Crippen molar-refractivity contribution in [3.63, 3.8) is 0 Å². The molecule has 2 N–H and O–H groups in total. The molecule has 31 heavy (non-hydrogen) atoms. The first-order chi connectivity index (χ1) is 15.0. The van der Waals surface area contributed by atoms with Crippen molar-refractivity contribution in [3.8, 4) is 11.3 Å². The van der Waals surface area contributed by atoms with E-state index in [2.05, 4.69) is 20.3 Å². The van der Waals surface area contributed by atoms with E-state index in [4.69, 9.17) is 16.3 Å². The third-order valence-corrected chi connectivity index (χ3v) is 7.19. The van der Waals surface area contributed by atoms with Crippen molar-refractivity contribution >= 4 is 28.9 Å². The second-order valence-electron chi connectivity index (χ2n) is 8.77. The number of hydrogen-bond acceptors (Lipinski definition) is 6. The van der Waals surface area contributed by atoms with Crippen LogP contribution in [0.15, 0.2) is 23.3 Å². The Kier molecular flexibility index (Phi) is 5.44. The molecular formula is C23H26ClFN4O2. The van der Waals surface area contributed by atoms with Crippen molar-refractivity contribution < 1.29 is 14.2 Å². The Morgan fingerprint density at radius 3 is 2.84 bits per heavy atom. The Labute approximate surface area is 185 Å². The zero-order valence-corrected chi connectivity index (χ0v) is 18.3. The molecule has 3 heterocycles. The van der Waals surface area contributed by atoms with Crippen LogP contribution in [0.25, 0.3) is 11.3 Å². The van der Waals surface area contributed by atoms with Gasteiger partial charge >= 0.3 is 0 Å². The summed E-state index contributed by atoms with van der Waals surface area (Å²) in [5.74, 6) is 0.00408. The smallest absolute Gasteiger partial charge is 0.223 e. The average molecular weight is 445 g/mol. The number of fused-ring (bicyclic) bond motifs is 2. The number of aliphatic imine (C=N–C) groups is 1. The summed E-state index contributed by atoms with van der Waals surface area (Å²) in [5.41, 5.74) is 3.31. The zero-order chi connectivity index (χ0) is 21.6. The van der Waals surface area contributed by atoms with E-state index in [1.54, 1.807) is 0 Å². The molecule has 8 heteroatoms. The standard InChI is InChI=1S/C23H26ClFN4O2/c1-13-23(6-3-2-4-7-23)15-9-14(10-17(25)21(15)27-13)20-16(24)11-26-22(29-20)28-18-5-8-31-12-19(18)30/h9-11,18-19,30H,2-8,12H2,1H3,(H,26,28,29)/t18-,19-/m1/s1. The maximum Gasteiger partial charge on any atom is 0.223 e. The SMILES string of the molecule is CC1=Nc2c(F)cc(-c3nc(N[C@@H]4CCOC[C@H]4O)ncc3Cl)cc2C12CCCCC2. The van der Waals surface area contributed by atoms with E-state index in [1.165, 1.54) is 18.7 Å². The molecule has 1 saturated carbocycles. The number of halogens is 2. The Balaban J connectivity index is 1.52. The number of benzene rings is 1. The van der Waals surface area contributed by atoms with Gasteiger partial charge in [-0.3, -0.25) is 4.99 Å². The van der Waals surface area contributed by atoms with Gasteiger partial charge in [-0.1, -0.05) is 30.9 Å². The Morgan fingerprint density at radius 2 is 2.06 bits per heavy atom. The highest BCUT2D eigenvalue weighted by molar-refractivity contribution is 6.33. The average Bonchev–Trinajstić information content (AvgIpc) is 3.03. The number of aromatic nitrogens is 2. The van der Waals surface area contributed by atoms with Crippen molar-refractivity contribution in [2.45, 2.75) is 63.0 Å². The summed E-state index contributed by atoms with van der Waals surface area (Å²) in [6, 6.07) is 3.25. The molecule has 3 aliphatic rings. The molecule has 164 valence electrons. The summed E-state index contributed by atoms with van der Waals surface area (Å²) in [6.45, 7) is 2.85. The predicted octanol–water partition coefficient (Wildman–Crippen LogP) is 4.81. The van der Waals surface area contributed by atoms with Gasteiger partial charge in [0.05, 0.1) is 35.7 Å². The van der Waals surface area contributed by atoms with Crippen LogP contribution in [0.3, 0.4) is 0 Å². The van der Waals surface area contributed by atoms with Crippen LogP contribution in [0.4, 0.5) is 16.0 Å². The minimum absolute atomic E-state index is 0.183. The highest BCUT2D eigenvalue weighted by Crippen LogP contribution is 2.51. The van der Waals surface area contributed by atoms with Crippen LogP contribution in [0.2, 0.25) is 5.02 Å². The van der Waals surface area contributed by atoms with Gasteiger partial charge in [-0.2, -0.15) is 0 Å². The number of anilines is 1. The number of aliphatic hydroxyl groups excluding tert-OH is 1. The fourth-order valence-corrected chi connectivity index (χ4v) is 5.37. The summed E-state index contributed by atoms with van der Waals surface area (Å²) >= 11 is 6.44. The lowest BCUT2D eigenvalue weighted by molar-refractivity contribution is -0.0136. The quantitative estimate of drug-likeness (QED) is 0.710. The first kappa shape index (κ1) is 20.8. The van der Waals surface area contributed by atoms with Crippen LogP contribution in [0.1, 0.15) is 51.0 Å². The molecule has 2 atom stereocenters. The van der Waals surface area contributed by atoms with Gasteiger partial charge in [0.2, 0.25) is 5.95 Å². The van der Waals surface area contributed by atoms with E-state index < -0.39 is 6.10 Å². The minimum Gasteiger partial charge on any atom is -0.389 e. The first-order valence-electron chi connectivity index (χ1n) is 10.9. The van der Waals surface area contributed by atoms with Gasteiger partial charge in [0, 0.05) is 23.3 Å². The monoisotopic (exact) mass is 444 g/mol. The number of ether oxygens (including phenoxy) is 1. The van der Waals surface area contributed by atoms with E-state index in [9.17, 15) is 5.11 Å². The molecule has 0 bridgehead atoms. The van der Waals surface area contributed by atoms with Crippen LogP contribution >= 0.6 is 11.6 Å². The fraction of sp³-hybridized carbons (Fsp3) is 0.522. The molecule has 1 aromatic heterocycles. The number of aliphatic hydroxyl groups is 1. The second kappa shape index (κ2) is 8.11. The number of nitrogens with one attached hydrogen (secondary N) is 1.